The van der Waals surface area contributed by atoms with Crippen molar-refractivity contribution >= 4 is 5.97 Å². The highest BCUT2D eigenvalue weighted by Crippen LogP contribution is 2.18. The van der Waals surface area contributed by atoms with Gasteiger partial charge in [0, 0.05) is 6.04 Å². The largest absolute Gasteiger partial charge is 0.465 e. The third-order valence-corrected chi connectivity index (χ3v) is 2.81. The van der Waals surface area contributed by atoms with E-state index in [-0.39, 0.29) is 12.0 Å². The molecule has 2 rings (SSSR count). The summed E-state index contributed by atoms with van der Waals surface area (Å²) in [7, 11) is 0. The highest BCUT2D eigenvalue weighted by Gasteiger charge is 2.42. The van der Waals surface area contributed by atoms with Crippen molar-refractivity contribution in [2.75, 3.05) is 6.61 Å². The Morgan fingerprint density at radius 2 is 2.12 bits per heavy atom. The average molecular weight is 219 g/mol. The Morgan fingerprint density at radius 1 is 1.38 bits per heavy atom. The minimum Gasteiger partial charge on any atom is -0.465 e. The van der Waals surface area contributed by atoms with Crippen molar-refractivity contribution in [1.82, 2.24) is 5.32 Å². The van der Waals surface area contributed by atoms with Crippen LogP contribution in [-0.4, -0.2) is 24.7 Å². The summed E-state index contributed by atoms with van der Waals surface area (Å²) in [6, 6.07) is 10.6. The third kappa shape index (κ3) is 2.83. The summed E-state index contributed by atoms with van der Waals surface area (Å²) in [5, 5.41) is 3.15. The molecular weight excluding hydrogens is 202 g/mol. The zero-order chi connectivity index (χ0) is 11.4. The number of carbonyl (C=O) groups is 1. The van der Waals surface area contributed by atoms with E-state index in [2.05, 4.69) is 17.4 Å². The quantitative estimate of drug-likeness (QED) is 0.603. The standard InChI is InChI=1S/C13H17NO2/c1-2-16-13(15)12-11(14-12)9-8-10-6-4-3-5-7-10/h3-7,11-12,14H,2,8-9H2,1H3/t11-,12-/m1/s1. The zero-order valence-electron chi connectivity index (χ0n) is 9.48. The number of benzene rings is 1. The van der Waals surface area contributed by atoms with Gasteiger partial charge in [-0.3, -0.25) is 10.1 Å². The molecule has 0 aromatic heterocycles. The summed E-state index contributed by atoms with van der Waals surface area (Å²) in [5.74, 6) is -0.111. The Balaban J connectivity index is 1.72. The molecule has 16 heavy (non-hydrogen) atoms. The fraction of sp³-hybridized carbons (Fsp3) is 0.462. The van der Waals surface area contributed by atoms with Crippen LogP contribution in [0.25, 0.3) is 0 Å². The van der Waals surface area contributed by atoms with Gasteiger partial charge in [-0.15, -0.1) is 0 Å². The molecular formula is C13H17NO2. The molecule has 0 amide bonds. The molecule has 1 aliphatic heterocycles. The number of ether oxygens (including phenoxy) is 1. The van der Waals surface area contributed by atoms with E-state index in [1.807, 2.05) is 25.1 Å². The lowest BCUT2D eigenvalue weighted by Gasteiger charge is -2.00. The minimum atomic E-state index is -0.111. The number of rotatable bonds is 5. The van der Waals surface area contributed by atoms with Crippen LogP contribution in [0.2, 0.25) is 0 Å². The average Bonchev–Trinajstić information content (AvgIpc) is 3.08. The molecule has 3 heteroatoms. The van der Waals surface area contributed by atoms with Crippen molar-refractivity contribution in [3.63, 3.8) is 0 Å². The molecule has 0 spiro atoms. The maximum Gasteiger partial charge on any atom is 0.324 e. The lowest BCUT2D eigenvalue weighted by molar-refractivity contribution is -0.142. The maximum atomic E-state index is 11.3. The predicted octanol–water partition coefficient (Wildman–Crippen LogP) is 1.52. The molecule has 1 heterocycles. The van der Waals surface area contributed by atoms with Crippen LogP contribution in [0, 0.1) is 0 Å². The first-order valence-corrected chi connectivity index (χ1v) is 5.78. The van der Waals surface area contributed by atoms with E-state index in [4.69, 9.17) is 4.74 Å². The molecule has 1 aliphatic rings. The van der Waals surface area contributed by atoms with Gasteiger partial charge in [-0.05, 0) is 25.3 Å². The molecule has 1 saturated heterocycles. The third-order valence-electron chi connectivity index (χ3n) is 2.81. The number of hydrogen-bond donors (Lipinski definition) is 1. The molecule has 1 aromatic rings. The van der Waals surface area contributed by atoms with Crippen LogP contribution in [0.1, 0.15) is 18.9 Å². The molecule has 86 valence electrons. The Morgan fingerprint density at radius 3 is 2.81 bits per heavy atom. The van der Waals surface area contributed by atoms with Gasteiger partial charge in [-0.2, -0.15) is 0 Å². The number of esters is 1. The number of aryl methyl sites for hydroxylation is 1. The molecule has 3 nitrogen and oxygen atoms in total. The predicted molar refractivity (Wildman–Crippen MR) is 62.1 cm³/mol. The first-order chi connectivity index (χ1) is 7.81. The summed E-state index contributed by atoms with van der Waals surface area (Å²) < 4.78 is 4.95. The Hall–Kier alpha value is -1.35. The van der Waals surface area contributed by atoms with E-state index >= 15 is 0 Å². The van der Waals surface area contributed by atoms with E-state index < -0.39 is 0 Å². The lowest BCUT2D eigenvalue weighted by atomic mass is 10.1. The van der Waals surface area contributed by atoms with Gasteiger partial charge >= 0.3 is 5.97 Å². The van der Waals surface area contributed by atoms with Gasteiger partial charge in [-0.25, -0.2) is 0 Å². The van der Waals surface area contributed by atoms with Gasteiger partial charge in [0.05, 0.1) is 6.61 Å². The van der Waals surface area contributed by atoms with Crippen molar-refractivity contribution in [3.05, 3.63) is 35.9 Å². The fourth-order valence-electron chi connectivity index (χ4n) is 1.86. The van der Waals surface area contributed by atoms with Crippen molar-refractivity contribution < 1.29 is 9.53 Å². The van der Waals surface area contributed by atoms with Crippen LogP contribution in [0.3, 0.4) is 0 Å². The molecule has 1 aromatic carbocycles. The zero-order valence-corrected chi connectivity index (χ0v) is 9.48. The van der Waals surface area contributed by atoms with Crippen LogP contribution in [0.15, 0.2) is 30.3 Å². The van der Waals surface area contributed by atoms with Crippen LogP contribution in [0.5, 0.6) is 0 Å². The van der Waals surface area contributed by atoms with E-state index in [1.165, 1.54) is 5.56 Å². The van der Waals surface area contributed by atoms with Gasteiger partial charge in [0.15, 0.2) is 0 Å². The highest BCUT2D eigenvalue weighted by molar-refractivity contribution is 5.80. The van der Waals surface area contributed by atoms with E-state index in [0.717, 1.165) is 12.8 Å². The molecule has 1 N–H and O–H groups in total. The smallest absolute Gasteiger partial charge is 0.324 e. The van der Waals surface area contributed by atoms with Crippen LogP contribution in [0.4, 0.5) is 0 Å². The number of hydrogen-bond acceptors (Lipinski definition) is 3. The minimum absolute atomic E-state index is 0.0661. The molecule has 0 radical (unpaired) electrons. The maximum absolute atomic E-state index is 11.3. The first kappa shape index (κ1) is 11.1. The Kier molecular flexibility index (Phi) is 3.57. The van der Waals surface area contributed by atoms with Crippen LogP contribution < -0.4 is 5.32 Å². The van der Waals surface area contributed by atoms with Crippen LogP contribution >= 0.6 is 0 Å². The van der Waals surface area contributed by atoms with Crippen molar-refractivity contribution in [2.24, 2.45) is 0 Å². The number of carbonyl (C=O) groups excluding carboxylic acids is 1. The van der Waals surface area contributed by atoms with Gasteiger partial charge in [-0.1, -0.05) is 30.3 Å². The van der Waals surface area contributed by atoms with Crippen molar-refractivity contribution in [2.45, 2.75) is 31.8 Å². The van der Waals surface area contributed by atoms with E-state index in [9.17, 15) is 4.79 Å². The summed E-state index contributed by atoms with van der Waals surface area (Å²) in [6.45, 7) is 2.29. The fourth-order valence-corrected chi connectivity index (χ4v) is 1.86. The highest BCUT2D eigenvalue weighted by atomic mass is 16.5. The van der Waals surface area contributed by atoms with Gasteiger partial charge in [0.25, 0.3) is 0 Å². The summed E-state index contributed by atoms with van der Waals surface area (Å²) in [5.41, 5.74) is 1.32. The van der Waals surface area contributed by atoms with Gasteiger partial charge in [0.2, 0.25) is 0 Å². The summed E-state index contributed by atoms with van der Waals surface area (Å²) in [6.07, 6.45) is 2.00. The second kappa shape index (κ2) is 5.12. The molecule has 0 saturated carbocycles. The van der Waals surface area contributed by atoms with Crippen LogP contribution in [-0.2, 0) is 16.0 Å². The molecule has 0 aliphatic carbocycles. The van der Waals surface area contributed by atoms with Crippen molar-refractivity contribution in [3.8, 4) is 0 Å². The Bertz CT molecular complexity index is 350. The molecule has 0 unspecified atom stereocenters. The van der Waals surface area contributed by atoms with Gasteiger partial charge < -0.3 is 4.74 Å². The Labute approximate surface area is 95.8 Å². The topological polar surface area (TPSA) is 48.2 Å². The van der Waals surface area contributed by atoms with E-state index in [0.29, 0.717) is 12.6 Å². The molecule has 0 bridgehead atoms. The lowest BCUT2D eigenvalue weighted by Crippen LogP contribution is -2.15. The normalized spacial score (nSPS) is 22.8. The summed E-state index contributed by atoms with van der Waals surface area (Å²) >= 11 is 0. The van der Waals surface area contributed by atoms with E-state index in [1.54, 1.807) is 0 Å². The molecule has 2 atom stereocenters. The monoisotopic (exact) mass is 219 g/mol. The van der Waals surface area contributed by atoms with Crippen molar-refractivity contribution in [1.29, 1.82) is 0 Å². The second-order valence-corrected chi connectivity index (χ2v) is 4.03. The SMILES string of the molecule is CCOC(=O)[C@@H]1N[C@@H]1CCc1ccccc1. The number of nitrogens with one attached hydrogen (secondary N) is 1. The second-order valence-electron chi connectivity index (χ2n) is 4.03. The first-order valence-electron chi connectivity index (χ1n) is 5.78. The molecule has 1 fully saturated rings. The summed E-state index contributed by atoms with van der Waals surface area (Å²) in [4.78, 5) is 11.3. The van der Waals surface area contributed by atoms with Gasteiger partial charge in [0.1, 0.15) is 6.04 Å².